The number of fused-ring (bicyclic) bond motifs is 1. The number of anilines is 1. The van der Waals surface area contributed by atoms with Crippen molar-refractivity contribution >= 4 is 11.3 Å². The Morgan fingerprint density at radius 3 is 2.23 bits per heavy atom. The monoisotopic (exact) mass is 291 g/mol. The third-order valence-corrected chi connectivity index (χ3v) is 4.78. The predicted octanol–water partition coefficient (Wildman–Crippen LogP) is 5.51. The molecule has 114 valence electrons. The fraction of sp³-hybridized carbons (Fsp3) is 0.333. The van der Waals surface area contributed by atoms with Crippen LogP contribution in [0.1, 0.15) is 43.0 Å². The Morgan fingerprint density at radius 1 is 0.909 bits per heavy atom. The van der Waals surface area contributed by atoms with Gasteiger partial charge in [-0.15, -0.1) is 0 Å². The summed E-state index contributed by atoms with van der Waals surface area (Å²) in [5, 5.41) is 0. The number of benzene rings is 2. The fourth-order valence-corrected chi connectivity index (χ4v) is 3.39. The van der Waals surface area contributed by atoms with Gasteiger partial charge in [0.2, 0.25) is 0 Å². The molecule has 2 aromatic carbocycles. The van der Waals surface area contributed by atoms with Crippen LogP contribution < -0.4 is 4.90 Å². The first-order valence-corrected chi connectivity index (χ1v) is 8.01. The molecule has 0 atom stereocenters. The first-order chi connectivity index (χ1) is 10.4. The van der Waals surface area contributed by atoms with Crippen LogP contribution in [-0.2, 0) is 6.54 Å². The molecule has 3 rings (SSSR count). The zero-order valence-electron chi connectivity index (χ0n) is 14.3. The summed E-state index contributed by atoms with van der Waals surface area (Å²) in [6.45, 7) is 12.2. The number of allylic oxidation sites excluding steroid dienone is 1. The second-order valence-electron chi connectivity index (χ2n) is 7.01. The molecule has 1 nitrogen and oxygen atoms in total. The first kappa shape index (κ1) is 14.9. The van der Waals surface area contributed by atoms with E-state index in [9.17, 15) is 0 Å². The largest absolute Gasteiger partial charge is 0.358 e. The lowest BCUT2D eigenvalue weighted by atomic mass is 9.86. The Bertz CT molecular complexity index is 723. The number of hydrogen-bond donors (Lipinski definition) is 0. The lowest BCUT2D eigenvalue weighted by molar-refractivity contribution is 0.551. The Morgan fingerprint density at radius 2 is 1.55 bits per heavy atom. The van der Waals surface area contributed by atoms with Gasteiger partial charge in [0, 0.05) is 17.8 Å². The van der Waals surface area contributed by atoms with E-state index in [4.69, 9.17) is 0 Å². The highest BCUT2D eigenvalue weighted by Gasteiger charge is 2.31. The zero-order valence-corrected chi connectivity index (χ0v) is 14.3. The number of nitrogens with zero attached hydrogens (tertiary/aromatic N) is 1. The lowest BCUT2D eigenvalue weighted by Crippen LogP contribution is -2.44. The van der Waals surface area contributed by atoms with Gasteiger partial charge in [-0.1, -0.05) is 36.4 Å². The minimum absolute atomic E-state index is 0.0224. The van der Waals surface area contributed by atoms with E-state index in [1.165, 1.54) is 33.5 Å². The molecule has 1 heterocycles. The van der Waals surface area contributed by atoms with E-state index in [-0.39, 0.29) is 5.54 Å². The predicted molar refractivity (Wildman–Crippen MR) is 96.3 cm³/mol. The van der Waals surface area contributed by atoms with Crippen molar-refractivity contribution in [2.75, 3.05) is 4.90 Å². The van der Waals surface area contributed by atoms with Crippen molar-refractivity contribution in [2.45, 2.75) is 46.7 Å². The van der Waals surface area contributed by atoms with Crippen molar-refractivity contribution in [3.05, 3.63) is 70.8 Å². The van der Waals surface area contributed by atoms with Crippen molar-refractivity contribution < 1.29 is 0 Å². The van der Waals surface area contributed by atoms with E-state index in [1.54, 1.807) is 0 Å². The molecule has 0 aliphatic carbocycles. The fourth-order valence-electron chi connectivity index (χ4n) is 3.39. The van der Waals surface area contributed by atoms with E-state index < -0.39 is 0 Å². The summed E-state index contributed by atoms with van der Waals surface area (Å²) in [7, 11) is 0. The van der Waals surface area contributed by atoms with Crippen LogP contribution in [0.3, 0.4) is 0 Å². The Kier molecular flexibility index (Phi) is 3.60. The average Bonchev–Trinajstić information content (AvgIpc) is 2.46. The molecule has 0 amide bonds. The maximum atomic E-state index is 2.52. The van der Waals surface area contributed by atoms with Gasteiger partial charge < -0.3 is 4.90 Å². The molecule has 1 heteroatoms. The van der Waals surface area contributed by atoms with Crippen molar-refractivity contribution in [1.29, 1.82) is 0 Å². The third-order valence-electron chi connectivity index (χ3n) is 4.78. The molecule has 0 unspecified atom stereocenters. The normalized spacial score (nSPS) is 16.2. The van der Waals surface area contributed by atoms with Gasteiger partial charge >= 0.3 is 0 Å². The molecule has 0 saturated heterocycles. The molecule has 0 spiro atoms. The molecule has 0 aromatic heterocycles. The van der Waals surface area contributed by atoms with E-state index in [2.05, 4.69) is 88.1 Å². The molecule has 22 heavy (non-hydrogen) atoms. The Labute approximate surface area is 134 Å². The van der Waals surface area contributed by atoms with Crippen LogP contribution in [0, 0.1) is 13.8 Å². The van der Waals surface area contributed by atoms with Gasteiger partial charge in [-0.25, -0.2) is 0 Å². The molecule has 1 aliphatic heterocycles. The second kappa shape index (κ2) is 5.31. The highest BCUT2D eigenvalue weighted by Crippen LogP contribution is 2.41. The van der Waals surface area contributed by atoms with Crippen LogP contribution in [0.5, 0.6) is 0 Å². The number of aryl methyl sites for hydroxylation is 2. The zero-order chi connectivity index (χ0) is 15.9. The summed E-state index contributed by atoms with van der Waals surface area (Å²) in [4.78, 5) is 2.52. The molecule has 1 aliphatic rings. The van der Waals surface area contributed by atoms with E-state index in [0.29, 0.717) is 0 Å². The number of hydrogen-bond acceptors (Lipinski definition) is 1. The lowest BCUT2D eigenvalue weighted by Gasteiger charge is -2.43. The average molecular weight is 291 g/mol. The Balaban J connectivity index is 2.11. The van der Waals surface area contributed by atoms with Gasteiger partial charge in [0.15, 0.2) is 0 Å². The molecule has 0 bridgehead atoms. The molecule has 0 radical (unpaired) electrons. The minimum Gasteiger partial charge on any atom is -0.358 e. The summed E-state index contributed by atoms with van der Waals surface area (Å²) >= 11 is 0. The van der Waals surface area contributed by atoms with E-state index in [0.717, 1.165) is 6.54 Å². The SMILES string of the molecule is CC1=CC(C)(C)N(Cc2ccccc2)c2cc(C)c(C)cc21. The molecule has 0 fully saturated rings. The van der Waals surface area contributed by atoms with Crippen molar-refractivity contribution in [1.82, 2.24) is 0 Å². The summed E-state index contributed by atoms with van der Waals surface area (Å²) in [6, 6.07) is 15.4. The summed E-state index contributed by atoms with van der Waals surface area (Å²) < 4.78 is 0. The topological polar surface area (TPSA) is 3.24 Å². The van der Waals surface area contributed by atoms with Crippen LogP contribution in [0.25, 0.3) is 5.57 Å². The third kappa shape index (κ3) is 2.56. The molecule has 2 aromatic rings. The summed E-state index contributed by atoms with van der Waals surface area (Å²) in [6.07, 6.45) is 2.40. The first-order valence-electron chi connectivity index (χ1n) is 8.01. The van der Waals surface area contributed by atoms with Crippen LogP contribution in [-0.4, -0.2) is 5.54 Å². The van der Waals surface area contributed by atoms with Crippen LogP contribution in [0.4, 0.5) is 5.69 Å². The van der Waals surface area contributed by atoms with Crippen molar-refractivity contribution in [2.24, 2.45) is 0 Å². The molecular weight excluding hydrogens is 266 g/mol. The Hall–Kier alpha value is -2.02. The van der Waals surface area contributed by atoms with Gasteiger partial charge in [0.1, 0.15) is 0 Å². The highest BCUT2D eigenvalue weighted by molar-refractivity contribution is 5.82. The number of rotatable bonds is 2. The van der Waals surface area contributed by atoms with Crippen LogP contribution in [0.2, 0.25) is 0 Å². The van der Waals surface area contributed by atoms with Crippen LogP contribution in [0.15, 0.2) is 48.5 Å². The maximum Gasteiger partial charge on any atom is 0.0538 e. The van der Waals surface area contributed by atoms with Crippen molar-refractivity contribution in [3.63, 3.8) is 0 Å². The van der Waals surface area contributed by atoms with Gasteiger partial charge in [-0.05, 0) is 69.0 Å². The molecule has 0 N–H and O–H groups in total. The smallest absolute Gasteiger partial charge is 0.0538 e. The van der Waals surface area contributed by atoms with E-state index >= 15 is 0 Å². The minimum atomic E-state index is 0.0224. The van der Waals surface area contributed by atoms with Crippen molar-refractivity contribution in [3.8, 4) is 0 Å². The van der Waals surface area contributed by atoms with Gasteiger partial charge in [-0.3, -0.25) is 0 Å². The van der Waals surface area contributed by atoms with Gasteiger partial charge in [0.25, 0.3) is 0 Å². The van der Waals surface area contributed by atoms with Crippen LogP contribution >= 0.6 is 0 Å². The second-order valence-corrected chi connectivity index (χ2v) is 7.01. The van der Waals surface area contributed by atoms with Gasteiger partial charge in [0.05, 0.1) is 5.54 Å². The quantitative estimate of drug-likeness (QED) is 0.705. The van der Waals surface area contributed by atoms with Gasteiger partial charge in [-0.2, -0.15) is 0 Å². The van der Waals surface area contributed by atoms with E-state index in [1.807, 2.05) is 0 Å². The highest BCUT2D eigenvalue weighted by atomic mass is 15.2. The maximum absolute atomic E-state index is 2.52. The summed E-state index contributed by atoms with van der Waals surface area (Å²) in [5.74, 6) is 0. The molecule has 0 saturated carbocycles. The standard InChI is InChI=1S/C21H25N/c1-15-11-19-17(3)13-21(4,5)22(20(19)12-16(15)2)14-18-9-7-6-8-10-18/h6-13H,14H2,1-5H3. The molecular formula is C21H25N. The summed E-state index contributed by atoms with van der Waals surface area (Å²) in [5.41, 5.74) is 8.22.